The van der Waals surface area contributed by atoms with E-state index in [4.69, 9.17) is 10.00 Å². The van der Waals surface area contributed by atoms with Crippen molar-refractivity contribution in [2.24, 2.45) is 5.18 Å². The summed E-state index contributed by atoms with van der Waals surface area (Å²) in [6, 6.07) is 4.85. The van der Waals surface area contributed by atoms with Gasteiger partial charge in [-0.1, -0.05) is 6.07 Å². The minimum absolute atomic E-state index is 0.0875. The van der Waals surface area contributed by atoms with Gasteiger partial charge in [0.15, 0.2) is 0 Å². The molecule has 4 nitrogen and oxygen atoms in total. The van der Waals surface area contributed by atoms with E-state index in [2.05, 4.69) is 5.18 Å². The van der Waals surface area contributed by atoms with E-state index in [9.17, 15) is 18.1 Å². The molecule has 2 rings (SSSR count). The van der Waals surface area contributed by atoms with Crippen LogP contribution in [-0.2, 0) is 10.9 Å². The highest BCUT2D eigenvalue weighted by atomic mass is 19.4. The first kappa shape index (κ1) is 14.8. The first-order valence-electron chi connectivity index (χ1n) is 5.96. The van der Waals surface area contributed by atoms with Gasteiger partial charge in [-0.3, -0.25) is 0 Å². The van der Waals surface area contributed by atoms with Crippen LogP contribution in [0.3, 0.4) is 0 Å². The number of fused-ring (bicyclic) bond motifs is 1. The number of nitroso groups, excluding NO2 is 1. The molecular formula is C14H9F3N2O2. The van der Waals surface area contributed by atoms with Gasteiger partial charge in [0.05, 0.1) is 23.8 Å². The number of halogens is 3. The van der Waals surface area contributed by atoms with Crippen LogP contribution in [0, 0.1) is 16.2 Å². The summed E-state index contributed by atoms with van der Waals surface area (Å²) in [6.45, 7) is 1.75. The van der Waals surface area contributed by atoms with E-state index in [-0.39, 0.29) is 29.2 Å². The molecule has 0 aliphatic heterocycles. The summed E-state index contributed by atoms with van der Waals surface area (Å²) in [5.41, 5.74) is -0.182. The van der Waals surface area contributed by atoms with Gasteiger partial charge in [-0.25, -0.2) is 0 Å². The zero-order valence-corrected chi connectivity index (χ0v) is 10.9. The second-order valence-electron chi connectivity index (χ2n) is 4.17. The fourth-order valence-electron chi connectivity index (χ4n) is 2.04. The van der Waals surface area contributed by atoms with Crippen LogP contribution in [0.5, 0.6) is 0 Å². The number of nitriles is 1. The van der Waals surface area contributed by atoms with Crippen LogP contribution in [0.4, 0.5) is 13.2 Å². The molecule has 1 aromatic rings. The van der Waals surface area contributed by atoms with Gasteiger partial charge < -0.3 is 4.74 Å². The number of rotatable bonds is 3. The van der Waals surface area contributed by atoms with Crippen LogP contribution in [0.1, 0.15) is 23.6 Å². The number of hydrogen-bond donors (Lipinski definition) is 0. The minimum Gasteiger partial charge on any atom is -0.475 e. The first-order chi connectivity index (χ1) is 9.92. The summed E-state index contributed by atoms with van der Waals surface area (Å²) in [5, 5.41) is 11.7. The van der Waals surface area contributed by atoms with Crippen molar-refractivity contribution in [3.63, 3.8) is 0 Å². The van der Waals surface area contributed by atoms with Crippen molar-refractivity contribution >= 4 is 11.1 Å². The largest absolute Gasteiger partial charge is 0.475 e. The maximum absolute atomic E-state index is 12.8. The maximum Gasteiger partial charge on any atom is 0.416 e. The number of benzene rings is 1. The Bertz CT molecular complexity index is 697. The molecule has 0 amide bonds. The molecule has 0 saturated carbocycles. The predicted octanol–water partition coefficient (Wildman–Crippen LogP) is 4.10. The highest BCUT2D eigenvalue weighted by Crippen LogP contribution is 2.40. The van der Waals surface area contributed by atoms with Gasteiger partial charge in [0.1, 0.15) is 0 Å². The van der Waals surface area contributed by atoms with E-state index in [1.165, 1.54) is 12.1 Å². The van der Waals surface area contributed by atoms with Crippen LogP contribution in [0.25, 0.3) is 11.1 Å². The van der Waals surface area contributed by atoms with Gasteiger partial charge in [0.2, 0.25) is 0 Å². The highest BCUT2D eigenvalue weighted by molar-refractivity contribution is 6.00. The summed E-state index contributed by atoms with van der Waals surface area (Å²) in [6.07, 6.45) is -3.22. The van der Waals surface area contributed by atoms with Crippen LogP contribution in [0.2, 0.25) is 0 Å². The number of allylic oxidation sites excluding steroid dienone is 3. The van der Waals surface area contributed by atoms with E-state index in [1.54, 1.807) is 6.92 Å². The van der Waals surface area contributed by atoms with Gasteiger partial charge in [-0.15, -0.1) is 4.91 Å². The molecule has 0 fully saturated rings. The fraction of sp³-hybridized carbons (Fsp3) is 0.214. The standard InChI is InChI=1S/C14H9F3N2O2/c1-2-21-13(19-20)12-5-8(7-18)10-4-3-9(6-11(10)12)14(15,16)17/h3-6H,2H2,1H3/b13-12-. The van der Waals surface area contributed by atoms with Crippen LogP contribution < -0.4 is 0 Å². The van der Waals surface area contributed by atoms with Crippen LogP contribution in [0.15, 0.2) is 35.3 Å². The topological polar surface area (TPSA) is 62.4 Å². The number of nitrogens with zero attached hydrogens (tertiary/aromatic N) is 2. The Hall–Kier alpha value is -2.62. The SMILES string of the molecule is CCO/C(N=O)=C1/C=C(C#N)c2ccc(C(F)(F)F)cc21. The molecule has 0 spiro atoms. The molecular weight excluding hydrogens is 285 g/mol. The molecule has 1 aliphatic carbocycles. The third-order valence-electron chi connectivity index (χ3n) is 2.93. The third-order valence-corrected chi connectivity index (χ3v) is 2.93. The minimum atomic E-state index is -4.52. The summed E-state index contributed by atoms with van der Waals surface area (Å²) in [4.78, 5) is 10.8. The Balaban J connectivity index is 2.68. The molecule has 0 radical (unpaired) electrons. The van der Waals surface area contributed by atoms with Crippen molar-refractivity contribution in [2.75, 3.05) is 6.61 Å². The molecule has 21 heavy (non-hydrogen) atoms. The lowest BCUT2D eigenvalue weighted by molar-refractivity contribution is -0.137. The lowest BCUT2D eigenvalue weighted by atomic mass is 10.0. The zero-order chi connectivity index (χ0) is 15.6. The molecule has 0 aromatic heterocycles. The first-order valence-corrected chi connectivity index (χ1v) is 5.96. The van der Waals surface area contributed by atoms with Crippen molar-refractivity contribution in [1.29, 1.82) is 5.26 Å². The molecule has 1 aromatic carbocycles. The zero-order valence-electron chi connectivity index (χ0n) is 10.9. The van der Waals surface area contributed by atoms with Gasteiger partial charge >= 0.3 is 6.18 Å². The molecule has 1 aliphatic rings. The molecule has 0 saturated heterocycles. The molecule has 0 atom stereocenters. The van der Waals surface area contributed by atoms with Crippen molar-refractivity contribution in [3.8, 4) is 6.07 Å². The smallest absolute Gasteiger partial charge is 0.416 e. The predicted molar refractivity (Wildman–Crippen MR) is 69.4 cm³/mol. The molecule has 0 heterocycles. The Kier molecular flexibility index (Phi) is 3.80. The van der Waals surface area contributed by atoms with Crippen molar-refractivity contribution in [1.82, 2.24) is 0 Å². The second-order valence-corrected chi connectivity index (χ2v) is 4.17. The number of alkyl halides is 3. The van der Waals surface area contributed by atoms with Gasteiger partial charge in [0.25, 0.3) is 5.88 Å². The molecule has 0 unspecified atom stereocenters. The monoisotopic (exact) mass is 294 g/mol. The van der Waals surface area contributed by atoms with Gasteiger partial charge in [-0.2, -0.15) is 18.4 Å². The number of ether oxygens (including phenoxy) is 1. The summed E-state index contributed by atoms with van der Waals surface area (Å²) < 4.78 is 43.4. The quantitative estimate of drug-likeness (QED) is 0.623. The maximum atomic E-state index is 12.8. The average molecular weight is 294 g/mol. The van der Waals surface area contributed by atoms with Crippen LogP contribution >= 0.6 is 0 Å². The van der Waals surface area contributed by atoms with Crippen molar-refractivity contribution in [2.45, 2.75) is 13.1 Å². The molecule has 0 N–H and O–H groups in total. The second kappa shape index (κ2) is 5.40. The van der Waals surface area contributed by atoms with Gasteiger partial charge in [-0.05, 0) is 30.7 Å². The fourth-order valence-corrected chi connectivity index (χ4v) is 2.04. The highest BCUT2D eigenvalue weighted by Gasteiger charge is 2.33. The molecule has 0 bridgehead atoms. The van der Waals surface area contributed by atoms with Crippen LogP contribution in [-0.4, -0.2) is 6.61 Å². The summed E-state index contributed by atoms with van der Waals surface area (Å²) in [5.74, 6) is -0.330. The van der Waals surface area contributed by atoms with Crippen molar-refractivity contribution < 1.29 is 17.9 Å². The summed E-state index contributed by atoms with van der Waals surface area (Å²) in [7, 11) is 0. The Morgan fingerprint density at radius 2 is 2.10 bits per heavy atom. The molecule has 108 valence electrons. The lowest BCUT2D eigenvalue weighted by Gasteiger charge is -2.10. The van der Waals surface area contributed by atoms with Gasteiger partial charge in [0, 0.05) is 16.3 Å². The Labute approximate surface area is 118 Å². The van der Waals surface area contributed by atoms with E-state index in [0.29, 0.717) is 5.56 Å². The molecule has 7 heteroatoms. The van der Waals surface area contributed by atoms with E-state index >= 15 is 0 Å². The normalized spacial score (nSPS) is 15.9. The van der Waals surface area contributed by atoms with E-state index in [0.717, 1.165) is 12.1 Å². The average Bonchev–Trinajstić information content (AvgIpc) is 2.81. The Morgan fingerprint density at radius 3 is 2.62 bits per heavy atom. The van der Waals surface area contributed by atoms with Crippen molar-refractivity contribution in [3.05, 3.63) is 51.8 Å². The lowest BCUT2D eigenvalue weighted by Crippen LogP contribution is -2.05. The van der Waals surface area contributed by atoms with E-state index < -0.39 is 11.7 Å². The summed E-state index contributed by atoms with van der Waals surface area (Å²) >= 11 is 0. The third kappa shape index (κ3) is 2.65. The van der Waals surface area contributed by atoms with E-state index in [1.807, 2.05) is 6.07 Å². The Morgan fingerprint density at radius 1 is 1.38 bits per heavy atom. The number of hydrogen-bond acceptors (Lipinski definition) is 4.